The molecule has 0 amide bonds. The lowest BCUT2D eigenvalue weighted by Gasteiger charge is -2.23. The van der Waals surface area contributed by atoms with Crippen LogP contribution in [0.15, 0.2) is 28.8 Å². The summed E-state index contributed by atoms with van der Waals surface area (Å²) >= 11 is 1.56. The number of carbonyl (C=O) groups is 2. The number of carbonyl (C=O) groups excluding carboxylic acids is 2. The highest BCUT2D eigenvalue weighted by molar-refractivity contribution is 7.10. The molecule has 1 aromatic rings. The average molecular weight is 236 g/mol. The third kappa shape index (κ3) is 1.93. The maximum atomic E-state index is 11.6. The van der Waals surface area contributed by atoms with E-state index in [-0.39, 0.29) is 24.1 Å². The van der Waals surface area contributed by atoms with E-state index < -0.39 is 0 Å². The predicted molar refractivity (Wildman–Crippen MR) is 61.2 cm³/mol. The van der Waals surface area contributed by atoms with Gasteiger partial charge in [-0.2, -0.15) is 0 Å². The number of rotatable bonds is 2. The summed E-state index contributed by atoms with van der Waals surface area (Å²) in [5, 5.41) is 1.95. The number of hydrogen-bond acceptors (Lipinski definition) is 4. The molecule has 1 aromatic heterocycles. The van der Waals surface area contributed by atoms with E-state index in [9.17, 15) is 9.59 Å². The predicted octanol–water partition coefficient (Wildman–Crippen LogP) is 2.64. The number of ether oxygens (including phenoxy) is 1. The fraction of sp³-hybridized carbons (Fsp3) is 0.333. The second kappa shape index (κ2) is 4.22. The Bertz CT molecular complexity index is 457. The molecule has 84 valence electrons. The van der Waals surface area contributed by atoms with E-state index >= 15 is 0 Å². The Kier molecular flexibility index (Phi) is 2.92. The lowest BCUT2D eigenvalue weighted by atomic mass is 9.89. The molecule has 0 spiro atoms. The van der Waals surface area contributed by atoms with Gasteiger partial charge < -0.3 is 4.74 Å². The lowest BCUT2D eigenvalue weighted by Crippen LogP contribution is -2.22. The second-order valence-electron chi connectivity index (χ2n) is 3.77. The van der Waals surface area contributed by atoms with E-state index in [1.54, 1.807) is 18.3 Å². The number of Topliss-reactive ketones (excluding diaryl/α,β-unsaturated/α-hetero) is 1. The van der Waals surface area contributed by atoms with Crippen molar-refractivity contribution in [2.75, 3.05) is 0 Å². The van der Waals surface area contributed by atoms with Crippen LogP contribution in [-0.4, -0.2) is 11.8 Å². The third-order valence-corrected chi connectivity index (χ3v) is 3.62. The maximum absolute atomic E-state index is 11.6. The van der Waals surface area contributed by atoms with E-state index in [0.29, 0.717) is 11.3 Å². The lowest BCUT2D eigenvalue weighted by molar-refractivity contribution is -0.141. The molecule has 0 aromatic carbocycles. The first-order chi connectivity index (χ1) is 7.59. The molecule has 0 aliphatic carbocycles. The Morgan fingerprint density at radius 1 is 1.56 bits per heavy atom. The molecule has 3 nitrogen and oxygen atoms in total. The van der Waals surface area contributed by atoms with Gasteiger partial charge in [-0.15, -0.1) is 11.3 Å². The highest BCUT2D eigenvalue weighted by Gasteiger charge is 2.31. The van der Waals surface area contributed by atoms with Crippen molar-refractivity contribution in [1.29, 1.82) is 0 Å². The third-order valence-electron chi connectivity index (χ3n) is 2.63. The minimum atomic E-state index is -0.263. The van der Waals surface area contributed by atoms with Gasteiger partial charge in [0.05, 0.1) is 6.42 Å². The van der Waals surface area contributed by atoms with Gasteiger partial charge in [-0.25, -0.2) is 0 Å². The first kappa shape index (κ1) is 11.1. The normalized spacial score (nSPS) is 20.9. The smallest absolute Gasteiger partial charge is 0.311 e. The van der Waals surface area contributed by atoms with Crippen LogP contribution in [0.2, 0.25) is 0 Å². The highest BCUT2D eigenvalue weighted by Crippen LogP contribution is 2.37. The molecule has 4 heteroatoms. The number of allylic oxidation sites excluding steroid dienone is 2. The van der Waals surface area contributed by atoms with Crippen molar-refractivity contribution >= 4 is 23.1 Å². The van der Waals surface area contributed by atoms with E-state index in [1.807, 2.05) is 17.5 Å². The van der Waals surface area contributed by atoms with Crippen LogP contribution in [0.5, 0.6) is 0 Å². The van der Waals surface area contributed by atoms with Crippen LogP contribution in [-0.2, 0) is 14.3 Å². The molecule has 1 atom stereocenters. The minimum absolute atomic E-state index is 0.0246. The van der Waals surface area contributed by atoms with E-state index in [1.165, 1.54) is 6.92 Å². The van der Waals surface area contributed by atoms with Crippen molar-refractivity contribution in [3.8, 4) is 0 Å². The van der Waals surface area contributed by atoms with E-state index in [2.05, 4.69) is 0 Å². The Morgan fingerprint density at radius 3 is 2.88 bits per heavy atom. The van der Waals surface area contributed by atoms with Crippen molar-refractivity contribution in [3.63, 3.8) is 0 Å². The van der Waals surface area contributed by atoms with Gasteiger partial charge in [-0.3, -0.25) is 9.59 Å². The summed E-state index contributed by atoms with van der Waals surface area (Å²) in [4.78, 5) is 24.0. The van der Waals surface area contributed by atoms with Crippen molar-refractivity contribution < 1.29 is 14.3 Å². The van der Waals surface area contributed by atoms with Crippen LogP contribution < -0.4 is 0 Å². The number of thiophene rings is 1. The summed E-state index contributed by atoms with van der Waals surface area (Å²) in [7, 11) is 0. The van der Waals surface area contributed by atoms with Gasteiger partial charge in [0.2, 0.25) is 0 Å². The molecule has 1 aliphatic heterocycles. The van der Waals surface area contributed by atoms with Gasteiger partial charge >= 0.3 is 5.97 Å². The fourth-order valence-corrected chi connectivity index (χ4v) is 2.84. The molecule has 0 saturated carbocycles. The number of esters is 1. The summed E-state index contributed by atoms with van der Waals surface area (Å²) < 4.78 is 5.01. The van der Waals surface area contributed by atoms with Crippen molar-refractivity contribution in [1.82, 2.24) is 0 Å². The molecule has 2 rings (SSSR count). The first-order valence-electron chi connectivity index (χ1n) is 5.05. The Balaban J connectivity index is 2.46. The first-order valence-corrected chi connectivity index (χ1v) is 5.93. The zero-order valence-corrected chi connectivity index (χ0v) is 9.97. The van der Waals surface area contributed by atoms with Gasteiger partial charge in [0.1, 0.15) is 5.76 Å². The Hall–Kier alpha value is -1.42. The average Bonchev–Trinajstić information content (AvgIpc) is 2.67. The van der Waals surface area contributed by atoms with Gasteiger partial charge in [0, 0.05) is 16.4 Å². The van der Waals surface area contributed by atoms with Crippen LogP contribution in [0.25, 0.3) is 0 Å². The monoisotopic (exact) mass is 236 g/mol. The summed E-state index contributed by atoms with van der Waals surface area (Å²) in [6.07, 6.45) is 0.257. The number of hydrogen-bond donors (Lipinski definition) is 0. The van der Waals surface area contributed by atoms with Gasteiger partial charge in [-0.1, -0.05) is 6.07 Å². The Labute approximate surface area is 97.7 Å². The standard InChI is InChI=1S/C12H12O3S/c1-7(13)12-8(2)15-11(14)6-9(12)10-4-3-5-16-10/h3-5,9H,6H2,1-2H3. The van der Waals surface area contributed by atoms with Gasteiger partial charge in [0.25, 0.3) is 0 Å². The van der Waals surface area contributed by atoms with Gasteiger partial charge in [-0.05, 0) is 25.3 Å². The number of ketones is 1. The SMILES string of the molecule is CC(=O)C1=C(C)OC(=O)CC1c1cccs1. The largest absolute Gasteiger partial charge is 0.431 e. The summed E-state index contributed by atoms with van der Waals surface area (Å²) in [6.45, 7) is 3.19. The fourth-order valence-electron chi connectivity index (χ4n) is 2.01. The molecular formula is C12H12O3S. The zero-order chi connectivity index (χ0) is 11.7. The Morgan fingerprint density at radius 2 is 2.31 bits per heavy atom. The van der Waals surface area contributed by atoms with Crippen LogP contribution in [0.4, 0.5) is 0 Å². The molecular weight excluding hydrogens is 224 g/mol. The van der Waals surface area contributed by atoms with Crippen molar-refractivity contribution in [3.05, 3.63) is 33.7 Å². The molecule has 16 heavy (non-hydrogen) atoms. The van der Waals surface area contributed by atoms with Gasteiger partial charge in [0.15, 0.2) is 5.78 Å². The van der Waals surface area contributed by atoms with Crippen LogP contribution >= 0.6 is 11.3 Å². The molecule has 0 N–H and O–H groups in total. The van der Waals surface area contributed by atoms with Crippen LogP contribution in [0.3, 0.4) is 0 Å². The highest BCUT2D eigenvalue weighted by atomic mass is 32.1. The molecule has 1 aliphatic rings. The molecule has 2 heterocycles. The quantitative estimate of drug-likeness (QED) is 0.741. The number of cyclic esters (lactones) is 1. The second-order valence-corrected chi connectivity index (χ2v) is 4.75. The maximum Gasteiger partial charge on any atom is 0.311 e. The molecule has 0 fully saturated rings. The topological polar surface area (TPSA) is 43.4 Å². The molecule has 0 radical (unpaired) electrons. The molecule has 0 bridgehead atoms. The summed E-state index contributed by atoms with van der Waals surface area (Å²) in [5.74, 6) is 0.0326. The van der Waals surface area contributed by atoms with Crippen LogP contribution in [0.1, 0.15) is 31.1 Å². The van der Waals surface area contributed by atoms with Crippen molar-refractivity contribution in [2.24, 2.45) is 0 Å². The summed E-state index contributed by atoms with van der Waals surface area (Å²) in [5.41, 5.74) is 0.627. The molecule has 1 unspecified atom stereocenters. The van der Waals surface area contributed by atoms with E-state index in [4.69, 9.17) is 4.74 Å². The van der Waals surface area contributed by atoms with E-state index in [0.717, 1.165) is 4.88 Å². The molecule has 0 saturated heterocycles. The zero-order valence-electron chi connectivity index (χ0n) is 9.15. The minimum Gasteiger partial charge on any atom is -0.431 e. The van der Waals surface area contributed by atoms with Crippen molar-refractivity contribution in [2.45, 2.75) is 26.2 Å². The van der Waals surface area contributed by atoms with Crippen LogP contribution in [0, 0.1) is 0 Å². The summed E-state index contributed by atoms with van der Waals surface area (Å²) in [6, 6.07) is 3.87.